The first kappa shape index (κ1) is 18.2. The number of furan rings is 1. The van der Waals surface area contributed by atoms with E-state index in [0.29, 0.717) is 23.6 Å². The smallest absolute Gasteiger partial charge is 0.350 e. The maximum atomic E-state index is 12.1. The Morgan fingerprint density at radius 1 is 1.07 bits per heavy atom. The molecule has 0 radical (unpaired) electrons. The Morgan fingerprint density at radius 3 is 2.33 bits per heavy atom. The molecule has 1 aliphatic heterocycles. The van der Waals surface area contributed by atoms with Crippen LogP contribution in [0.3, 0.4) is 0 Å². The number of amides is 1. The normalized spacial score (nSPS) is 15.6. The summed E-state index contributed by atoms with van der Waals surface area (Å²) in [6.07, 6.45) is 2.75. The lowest BCUT2D eigenvalue weighted by Gasteiger charge is -2.29. The minimum Gasteiger partial charge on any atom is -0.467 e. The summed E-state index contributed by atoms with van der Waals surface area (Å²) in [5.41, 5.74) is 0.795. The highest BCUT2D eigenvalue weighted by Gasteiger charge is 2.38. The third-order valence-corrected chi connectivity index (χ3v) is 3.65. The number of carbonyl (C=O) groups excluding carboxylic acids is 3. The molecule has 0 bridgehead atoms. The van der Waals surface area contributed by atoms with E-state index < -0.39 is 17.7 Å². The van der Waals surface area contributed by atoms with Crippen LogP contribution in [0.15, 0.2) is 58.9 Å². The Kier molecular flexibility index (Phi) is 4.98. The van der Waals surface area contributed by atoms with E-state index in [-0.39, 0.29) is 11.5 Å². The lowest BCUT2D eigenvalue weighted by Crippen LogP contribution is -2.42. The van der Waals surface area contributed by atoms with Gasteiger partial charge in [-0.15, -0.1) is 0 Å². The van der Waals surface area contributed by atoms with Crippen LogP contribution < -0.4 is 10.6 Å². The van der Waals surface area contributed by atoms with Gasteiger partial charge < -0.3 is 24.5 Å². The van der Waals surface area contributed by atoms with Crippen molar-refractivity contribution in [3.05, 3.63) is 65.8 Å². The zero-order valence-electron chi connectivity index (χ0n) is 14.8. The highest BCUT2D eigenvalue weighted by molar-refractivity contribution is 6.15. The summed E-state index contributed by atoms with van der Waals surface area (Å²) in [5.74, 6) is -2.41. The van der Waals surface area contributed by atoms with Gasteiger partial charge in [-0.25, -0.2) is 9.59 Å². The Bertz CT molecular complexity index is 859. The van der Waals surface area contributed by atoms with E-state index in [0.717, 1.165) is 0 Å². The summed E-state index contributed by atoms with van der Waals surface area (Å²) in [4.78, 5) is 35.8. The molecule has 0 saturated carbocycles. The number of ether oxygens (including phenoxy) is 2. The molecule has 140 valence electrons. The minimum absolute atomic E-state index is 0.241. The summed E-state index contributed by atoms with van der Waals surface area (Å²) in [5, 5.41) is 5.55. The molecule has 0 atom stereocenters. The number of nitrogens with one attached hydrogen (secondary N) is 2. The number of anilines is 1. The van der Waals surface area contributed by atoms with Gasteiger partial charge in [0.25, 0.3) is 11.7 Å². The molecule has 8 heteroatoms. The zero-order valence-corrected chi connectivity index (χ0v) is 14.8. The standard InChI is InChI=1S/C19H18N2O6/c1-19(2)26-17(23)15(18(24)27-19)11-20-13-7-5-12(6-8-13)16(22)21-10-14-4-3-9-25-14/h3-9,11,20H,10H2,1-2H3,(H,21,22). The second kappa shape index (κ2) is 7.36. The van der Waals surface area contributed by atoms with Gasteiger partial charge >= 0.3 is 11.9 Å². The molecular weight excluding hydrogens is 352 g/mol. The average Bonchev–Trinajstić information content (AvgIpc) is 3.12. The number of cyclic esters (lactones) is 2. The quantitative estimate of drug-likeness (QED) is 0.473. The van der Waals surface area contributed by atoms with Gasteiger partial charge in [-0.3, -0.25) is 4.79 Å². The highest BCUT2D eigenvalue weighted by atomic mass is 16.7. The molecule has 8 nitrogen and oxygen atoms in total. The molecular formula is C19H18N2O6. The lowest BCUT2D eigenvalue weighted by atomic mass is 10.2. The zero-order chi connectivity index (χ0) is 19.4. The molecule has 0 aliphatic carbocycles. The van der Waals surface area contributed by atoms with Crippen LogP contribution in [0.2, 0.25) is 0 Å². The molecule has 0 spiro atoms. The van der Waals surface area contributed by atoms with Gasteiger partial charge in [0.2, 0.25) is 0 Å². The molecule has 1 amide bonds. The van der Waals surface area contributed by atoms with E-state index in [1.165, 1.54) is 26.3 Å². The number of hydrogen-bond acceptors (Lipinski definition) is 7. The van der Waals surface area contributed by atoms with E-state index in [1.54, 1.807) is 36.4 Å². The monoisotopic (exact) mass is 370 g/mol. The molecule has 1 aliphatic rings. The van der Waals surface area contributed by atoms with Crippen molar-refractivity contribution in [2.75, 3.05) is 5.32 Å². The van der Waals surface area contributed by atoms with Gasteiger partial charge in [-0.05, 0) is 36.4 Å². The summed E-state index contributed by atoms with van der Waals surface area (Å²) < 4.78 is 15.2. The topological polar surface area (TPSA) is 107 Å². The molecule has 2 aromatic rings. The van der Waals surface area contributed by atoms with Crippen molar-refractivity contribution in [3.8, 4) is 0 Å². The number of benzene rings is 1. The fraction of sp³-hybridized carbons (Fsp3) is 0.211. The van der Waals surface area contributed by atoms with E-state index in [9.17, 15) is 14.4 Å². The third kappa shape index (κ3) is 4.55. The minimum atomic E-state index is -1.28. The number of carbonyl (C=O) groups is 3. The van der Waals surface area contributed by atoms with Crippen molar-refractivity contribution in [2.45, 2.75) is 26.2 Å². The van der Waals surface area contributed by atoms with Crippen molar-refractivity contribution < 1.29 is 28.3 Å². The fourth-order valence-electron chi connectivity index (χ4n) is 2.33. The van der Waals surface area contributed by atoms with Gasteiger partial charge in [0.15, 0.2) is 5.57 Å². The number of esters is 2. The van der Waals surface area contributed by atoms with E-state index in [4.69, 9.17) is 13.9 Å². The van der Waals surface area contributed by atoms with Crippen molar-refractivity contribution in [3.63, 3.8) is 0 Å². The second-order valence-corrected chi connectivity index (χ2v) is 6.22. The maximum absolute atomic E-state index is 12.1. The van der Waals surface area contributed by atoms with Crippen LogP contribution in [-0.2, 0) is 25.6 Å². The highest BCUT2D eigenvalue weighted by Crippen LogP contribution is 2.22. The van der Waals surface area contributed by atoms with Crippen LogP contribution >= 0.6 is 0 Å². The van der Waals surface area contributed by atoms with E-state index in [1.807, 2.05) is 0 Å². The summed E-state index contributed by atoms with van der Waals surface area (Å²) in [7, 11) is 0. The molecule has 0 unspecified atom stereocenters. The first-order chi connectivity index (χ1) is 12.8. The summed E-state index contributed by atoms with van der Waals surface area (Å²) >= 11 is 0. The lowest BCUT2D eigenvalue weighted by molar-refractivity contribution is -0.222. The van der Waals surface area contributed by atoms with Crippen LogP contribution in [0.4, 0.5) is 5.69 Å². The molecule has 2 heterocycles. The Morgan fingerprint density at radius 2 is 1.74 bits per heavy atom. The van der Waals surface area contributed by atoms with Gasteiger partial charge in [0.1, 0.15) is 5.76 Å². The Balaban J connectivity index is 1.60. The summed E-state index contributed by atoms with van der Waals surface area (Å²) in [6.45, 7) is 3.24. The fourth-order valence-corrected chi connectivity index (χ4v) is 2.33. The summed E-state index contributed by atoms with van der Waals surface area (Å²) in [6, 6.07) is 10.0. The maximum Gasteiger partial charge on any atom is 0.350 e. The number of hydrogen-bond donors (Lipinski definition) is 2. The SMILES string of the molecule is CC1(C)OC(=O)C(=CNc2ccc(C(=O)NCc3ccco3)cc2)C(=O)O1. The van der Waals surface area contributed by atoms with Crippen LogP contribution in [0.1, 0.15) is 30.0 Å². The average molecular weight is 370 g/mol. The van der Waals surface area contributed by atoms with Crippen molar-refractivity contribution >= 4 is 23.5 Å². The molecule has 3 rings (SSSR count). The molecule has 1 aromatic carbocycles. The first-order valence-corrected chi connectivity index (χ1v) is 8.18. The van der Waals surface area contributed by atoms with Gasteiger partial charge in [-0.2, -0.15) is 0 Å². The third-order valence-electron chi connectivity index (χ3n) is 3.65. The van der Waals surface area contributed by atoms with Crippen molar-refractivity contribution in [1.29, 1.82) is 0 Å². The van der Waals surface area contributed by atoms with Crippen LogP contribution in [0, 0.1) is 0 Å². The van der Waals surface area contributed by atoms with E-state index in [2.05, 4.69) is 10.6 Å². The first-order valence-electron chi connectivity index (χ1n) is 8.18. The molecule has 1 saturated heterocycles. The molecule has 2 N–H and O–H groups in total. The Labute approximate surface area is 155 Å². The van der Waals surface area contributed by atoms with Crippen LogP contribution in [0.25, 0.3) is 0 Å². The van der Waals surface area contributed by atoms with Crippen LogP contribution in [0.5, 0.6) is 0 Å². The van der Waals surface area contributed by atoms with Crippen molar-refractivity contribution in [2.24, 2.45) is 0 Å². The Hall–Kier alpha value is -3.55. The van der Waals surface area contributed by atoms with Gasteiger partial charge in [0.05, 0.1) is 12.8 Å². The predicted molar refractivity (Wildman–Crippen MR) is 94.3 cm³/mol. The molecule has 27 heavy (non-hydrogen) atoms. The predicted octanol–water partition coefficient (Wildman–Crippen LogP) is 2.34. The second-order valence-electron chi connectivity index (χ2n) is 6.22. The van der Waals surface area contributed by atoms with Gasteiger partial charge in [0, 0.05) is 31.3 Å². The molecule has 1 fully saturated rings. The molecule has 1 aromatic heterocycles. The van der Waals surface area contributed by atoms with Crippen molar-refractivity contribution in [1.82, 2.24) is 5.32 Å². The number of rotatable bonds is 5. The van der Waals surface area contributed by atoms with E-state index >= 15 is 0 Å². The van der Waals surface area contributed by atoms with Gasteiger partial charge in [-0.1, -0.05) is 0 Å². The van der Waals surface area contributed by atoms with Crippen LogP contribution in [-0.4, -0.2) is 23.6 Å². The largest absolute Gasteiger partial charge is 0.467 e.